The van der Waals surface area contributed by atoms with Crippen molar-refractivity contribution in [2.45, 2.75) is 0 Å². The summed E-state index contributed by atoms with van der Waals surface area (Å²) < 4.78 is 23.1. The van der Waals surface area contributed by atoms with Gasteiger partial charge in [0, 0.05) is 11.6 Å². The van der Waals surface area contributed by atoms with E-state index < -0.39 is 9.84 Å². The molecule has 4 nitrogen and oxygen atoms in total. The summed E-state index contributed by atoms with van der Waals surface area (Å²) in [5.41, 5.74) is 1.93. The summed E-state index contributed by atoms with van der Waals surface area (Å²) in [6, 6.07) is 0. The van der Waals surface area contributed by atoms with Gasteiger partial charge in [0.05, 0.1) is 22.0 Å². The molecule has 0 saturated heterocycles. The van der Waals surface area contributed by atoms with Gasteiger partial charge in [-0.25, -0.2) is 13.4 Å². The molecule has 0 aliphatic carbocycles. The number of rotatable bonds is 1. The lowest BCUT2D eigenvalue weighted by atomic mass is 10.3. The minimum atomic E-state index is -3.28. The highest BCUT2D eigenvalue weighted by Crippen LogP contribution is 2.29. The number of hydrogen-bond donors (Lipinski definition) is 0. The van der Waals surface area contributed by atoms with Gasteiger partial charge in [-0.3, -0.25) is 4.99 Å². The molecule has 3 rings (SSSR count). The molecule has 0 unspecified atom stereocenters. The van der Waals surface area contributed by atoms with Crippen molar-refractivity contribution in [3.63, 3.8) is 0 Å². The number of allylic oxidation sites excluding steroid dienone is 5. The normalized spacial score (nSPS) is 24.8. The second-order valence-electron chi connectivity index (χ2n) is 3.26. The molecule has 0 fully saturated rings. The van der Waals surface area contributed by atoms with E-state index in [0.717, 1.165) is 11.4 Å². The lowest BCUT2D eigenvalue weighted by Gasteiger charge is -1.97. The van der Waals surface area contributed by atoms with Crippen LogP contribution in [0, 0.1) is 0 Å². The highest BCUT2D eigenvalue weighted by Gasteiger charge is 2.26. The molecular weight excluding hydrogens is 212 g/mol. The molecule has 0 radical (unpaired) electrons. The van der Waals surface area contributed by atoms with Crippen LogP contribution in [0.25, 0.3) is 0 Å². The molecular formula is C10H6N2O2S. The van der Waals surface area contributed by atoms with Crippen LogP contribution in [0.5, 0.6) is 0 Å². The number of nitrogens with zero attached hydrogens (tertiary/aromatic N) is 2. The molecule has 0 spiro atoms. The zero-order valence-corrected chi connectivity index (χ0v) is 8.40. The Morgan fingerprint density at radius 3 is 2.67 bits per heavy atom. The number of sulfone groups is 1. The first kappa shape index (κ1) is 8.55. The Kier molecular flexibility index (Phi) is 1.50. The molecule has 3 aliphatic heterocycles. The predicted octanol–water partition coefficient (Wildman–Crippen LogP) is 1.12. The molecule has 5 heteroatoms. The maximum Gasteiger partial charge on any atom is 0.201 e. The zero-order chi connectivity index (χ0) is 10.5. The lowest BCUT2D eigenvalue weighted by molar-refractivity contribution is 0.612. The molecule has 74 valence electrons. The fourth-order valence-electron chi connectivity index (χ4n) is 1.59. The second-order valence-corrected chi connectivity index (χ2v) is 5.06. The minimum absolute atomic E-state index is 0.250. The molecule has 0 aromatic rings. The summed E-state index contributed by atoms with van der Waals surface area (Å²) in [6.07, 6.45) is 8.16. The van der Waals surface area contributed by atoms with Gasteiger partial charge in [0.15, 0.2) is 0 Å². The Morgan fingerprint density at radius 2 is 2.00 bits per heavy atom. The molecule has 3 heterocycles. The number of hydrogen-bond acceptors (Lipinski definition) is 4. The van der Waals surface area contributed by atoms with Crippen LogP contribution in [0.4, 0.5) is 0 Å². The van der Waals surface area contributed by atoms with Crippen molar-refractivity contribution in [3.05, 3.63) is 46.0 Å². The van der Waals surface area contributed by atoms with Gasteiger partial charge in [-0.2, -0.15) is 0 Å². The van der Waals surface area contributed by atoms with Crippen molar-refractivity contribution in [1.29, 1.82) is 0 Å². The predicted molar refractivity (Wildman–Crippen MR) is 58.2 cm³/mol. The van der Waals surface area contributed by atoms with E-state index in [1.54, 1.807) is 24.4 Å². The van der Waals surface area contributed by atoms with Gasteiger partial charge >= 0.3 is 0 Å². The average molecular weight is 218 g/mol. The van der Waals surface area contributed by atoms with Gasteiger partial charge in [-0.1, -0.05) is 0 Å². The van der Waals surface area contributed by atoms with Crippen LogP contribution in [0.3, 0.4) is 0 Å². The Morgan fingerprint density at radius 1 is 1.13 bits per heavy atom. The van der Waals surface area contributed by atoms with Gasteiger partial charge in [-0.05, 0) is 24.3 Å². The fourth-order valence-corrected chi connectivity index (χ4v) is 2.69. The Hall–Kier alpha value is -1.75. The first-order chi connectivity index (χ1) is 7.17. The van der Waals surface area contributed by atoms with E-state index in [1.807, 2.05) is 0 Å². The summed E-state index contributed by atoms with van der Waals surface area (Å²) in [4.78, 5) is 8.50. The number of fused-ring (bicyclic) bond motifs is 1. The first-order valence-electron chi connectivity index (χ1n) is 4.36. The van der Waals surface area contributed by atoms with Crippen molar-refractivity contribution >= 4 is 21.8 Å². The van der Waals surface area contributed by atoms with E-state index in [2.05, 4.69) is 9.98 Å². The molecule has 0 N–H and O–H groups in total. The van der Waals surface area contributed by atoms with Crippen molar-refractivity contribution in [2.75, 3.05) is 0 Å². The topological polar surface area (TPSA) is 58.9 Å². The first-order valence-corrected chi connectivity index (χ1v) is 5.90. The standard InChI is InChI=1S/C10H6N2O2S/c13-15(14)5-1-2-10(15)9-6-8-7(12-9)3-4-11-8/h1-6H. The van der Waals surface area contributed by atoms with Crippen molar-refractivity contribution < 1.29 is 8.42 Å². The maximum atomic E-state index is 11.5. The van der Waals surface area contributed by atoms with E-state index in [9.17, 15) is 8.42 Å². The van der Waals surface area contributed by atoms with Gasteiger partial charge in [0.2, 0.25) is 9.84 Å². The monoisotopic (exact) mass is 218 g/mol. The van der Waals surface area contributed by atoms with Gasteiger partial charge in [0.1, 0.15) is 0 Å². The van der Waals surface area contributed by atoms with E-state index >= 15 is 0 Å². The summed E-state index contributed by atoms with van der Waals surface area (Å²) in [7, 11) is -3.28. The molecule has 0 amide bonds. The van der Waals surface area contributed by atoms with Gasteiger partial charge in [0.25, 0.3) is 0 Å². The fraction of sp³-hybridized carbons (Fsp3) is 0. The SMILES string of the molecule is O=S1(=O)C=CC=C1C1=NC2=CC=NC2=C1. The van der Waals surface area contributed by atoms with Crippen LogP contribution >= 0.6 is 0 Å². The van der Waals surface area contributed by atoms with Gasteiger partial charge < -0.3 is 0 Å². The van der Waals surface area contributed by atoms with Crippen molar-refractivity contribution in [1.82, 2.24) is 0 Å². The molecule has 0 aromatic heterocycles. The van der Waals surface area contributed by atoms with Crippen molar-refractivity contribution in [2.24, 2.45) is 9.98 Å². The Balaban J connectivity index is 2.08. The van der Waals surface area contributed by atoms with Crippen LogP contribution < -0.4 is 0 Å². The Bertz CT molecular complexity index is 628. The summed E-state index contributed by atoms with van der Waals surface area (Å²) in [6.45, 7) is 0. The van der Waals surface area contributed by atoms with Crippen LogP contribution in [0.2, 0.25) is 0 Å². The van der Waals surface area contributed by atoms with Crippen LogP contribution in [-0.2, 0) is 9.84 Å². The van der Waals surface area contributed by atoms with Crippen LogP contribution in [0.1, 0.15) is 0 Å². The summed E-state index contributed by atoms with van der Waals surface area (Å²) in [5, 5.41) is 1.18. The molecule has 0 saturated carbocycles. The average Bonchev–Trinajstić information content (AvgIpc) is 2.75. The highest BCUT2D eigenvalue weighted by atomic mass is 32.2. The third kappa shape index (κ3) is 1.16. The smallest absolute Gasteiger partial charge is 0.201 e. The van der Waals surface area contributed by atoms with Crippen molar-refractivity contribution in [3.8, 4) is 0 Å². The third-order valence-electron chi connectivity index (χ3n) is 2.29. The highest BCUT2D eigenvalue weighted by molar-refractivity contribution is 7.99. The molecule has 3 aliphatic rings. The van der Waals surface area contributed by atoms with E-state index in [4.69, 9.17) is 0 Å². The largest absolute Gasteiger partial charge is 0.254 e. The minimum Gasteiger partial charge on any atom is -0.254 e. The summed E-state index contributed by atoms with van der Waals surface area (Å²) in [5.74, 6) is 0. The maximum absolute atomic E-state index is 11.5. The molecule has 0 atom stereocenters. The zero-order valence-electron chi connectivity index (χ0n) is 7.58. The van der Waals surface area contributed by atoms with E-state index in [-0.39, 0.29) is 4.91 Å². The number of aliphatic imine (C=N–C) groups is 2. The second kappa shape index (κ2) is 2.64. The lowest BCUT2D eigenvalue weighted by Crippen LogP contribution is -2.05. The summed E-state index contributed by atoms with van der Waals surface area (Å²) >= 11 is 0. The molecule has 0 bridgehead atoms. The molecule has 15 heavy (non-hydrogen) atoms. The van der Waals surface area contributed by atoms with Crippen LogP contribution in [0.15, 0.2) is 56.0 Å². The molecule has 0 aromatic carbocycles. The third-order valence-corrected chi connectivity index (χ3v) is 3.76. The van der Waals surface area contributed by atoms with E-state index in [1.165, 1.54) is 11.5 Å². The van der Waals surface area contributed by atoms with Gasteiger partial charge in [-0.15, -0.1) is 0 Å². The quantitative estimate of drug-likeness (QED) is 0.662. The van der Waals surface area contributed by atoms with E-state index in [0.29, 0.717) is 5.71 Å². The Labute approximate surface area is 86.7 Å². The van der Waals surface area contributed by atoms with Crippen LogP contribution in [-0.4, -0.2) is 20.3 Å².